The Labute approximate surface area is 112 Å². The van der Waals surface area contributed by atoms with Gasteiger partial charge in [0, 0.05) is 45.4 Å². The lowest BCUT2D eigenvalue weighted by Crippen LogP contribution is -2.60. The van der Waals surface area contributed by atoms with E-state index in [0.29, 0.717) is 11.0 Å². The first-order valence-electron chi connectivity index (χ1n) is 7.64. The Morgan fingerprint density at radius 1 is 1.22 bits per heavy atom. The molecule has 0 aromatic carbocycles. The number of nitrogens with zero attached hydrogens (tertiary/aromatic N) is 1. The fourth-order valence-corrected chi connectivity index (χ4v) is 3.36. The van der Waals surface area contributed by atoms with Crippen LogP contribution in [0.1, 0.15) is 46.0 Å². The van der Waals surface area contributed by atoms with Crippen molar-refractivity contribution in [2.24, 2.45) is 5.41 Å². The largest absolute Gasteiger partial charge is 0.385 e. The zero-order valence-electron chi connectivity index (χ0n) is 12.4. The Morgan fingerprint density at radius 2 is 1.94 bits per heavy atom. The molecule has 0 bridgehead atoms. The Bertz CT molecular complexity index is 259. The molecule has 0 radical (unpaired) electrons. The molecule has 3 heteroatoms. The molecule has 1 heterocycles. The number of hydrogen-bond donors (Lipinski definition) is 1. The van der Waals surface area contributed by atoms with Gasteiger partial charge in [-0.05, 0) is 37.5 Å². The number of methoxy groups -OCH3 is 1. The van der Waals surface area contributed by atoms with Gasteiger partial charge >= 0.3 is 0 Å². The van der Waals surface area contributed by atoms with Crippen molar-refractivity contribution in [3.8, 4) is 0 Å². The molecule has 0 aromatic rings. The van der Waals surface area contributed by atoms with Gasteiger partial charge < -0.3 is 10.1 Å². The van der Waals surface area contributed by atoms with E-state index >= 15 is 0 Å². The molecule has 1 N–H and O–H groups in total. The van der Waals surface area contributed by atoms with E-state index in [2.05, 4.69) is 24.1 Å². The Kier molecular flexibility index (Phi) is 4.68. The molecular formula is C15H30N2O. The highest BCUT2D eigenvalue weighted by atomic mass is 16.5. The van der Waals surface area contributed by atoms with Gasteiger partial charge in [0.15, 0.2) is 0 Å². The summed E-state index contributed by atoms with van der Waals surface area (Å²) in [7, 11) is 1.82. The van der Waals surface area contributed by atoms with Gasteiger partial charge in [-0.15, -0.1) is 0 Å². The summed E-state index contributed by atoms with van der Waals surface area (Å²) in [6.07, 6.45) is 6.55. The summed E-state index contributed by atoms with van der Waals surface area (Å²) < 4.78 is 5.26. The molecule has 0 amide bonds. The highest BCUT2D eigenvalue weighted by Crippen LogP contribution is 2.49. The molecule has 2 rings (SSSR count). The maximum atomic E-state index is 5.26. The van der Waals surface area contributed by atoms with E-state index in [1.54, 1.807) is 0 Å². The Hall–Kier alpha value is -0.120. The summed E-state index contributed by atoms with van der Waals surface area (Å²) in [6, 6.07) is 0. The molecule has 0 atom stereocenters. The summed E-state index contributed by atoms with van der Waals surface area (Å²) in [5, 5.41) is 3.74. The third-order valence-corrected chi connectivity index (χ3v) is 5.16. The van der Waals surface area contributed by atoms with Gasteiger partial charge in [-0.2, -0.15) is 0 Å². The van der Waals surface area contributed by atoms with E-state index < -0.39 is 0 Å². The number of nitrogens with one attached hydrogen (secondary N) is 1. The molecule has 2 aliphatic rings. The third kappa shape index (κ3) is 3.25. The number of hydrogen-bond acceptors (Lipinski definition) is 3. The average molecular weight is 254 g/mol. The minimum atomic E-state index is 0.371. The number of rotatable bonds is 7. The fourth-order valence-electron chi connectivity index (χ4n) is 3.36. The van der Waals surface area contributed by atoms with Crippen molar-refractivity contribution in [2.45, 2.75) is 51.5 Å². The molecule has 106 valence electrons. The predicted octanol–water partition coefficient (Wildman–Crippen LogP) is 2.27. The average Bonchev–Trinajstić information content (AvgIpc) is 3.16. The van der Waals surface area contributed by atoms with Crippen LogP contribution in [0.15, 0.2) is 0 Å². The quantitative estimate of drug-likeness (QED) is 0.754. The lowest BCUT2D eigenvalue weighted by Gasteiger charge is -2.44. The van der Waals surface area contributed by atoms with Crippen molar-refractivity contribution in [1.82, 2.24) is 10.2 Å². The van der Waals surface area contributed by atoms with Crippen molar-refractivity contribution in [3.05, 3.63) is 0 Å². The van der Waals surface area contributed by atoms with Gasteiger partial charge in [0.1, 0.15) is 0 Å². The third-order valence-electron chi connectivity index (χ3n) is 5.16. The van der Waals surface area contributed by atoms with Crippen LogP contribution < -0.4 is 5.32 Å². The van der Waals surface area contributed by atoms with E-state index in [1.807, 2.05) is 7.11 Å². The van der Waals surface area contributed by atoms with Gasteiger partial charge in [-0.1, -0.05) is 13.8 Å². The van der Waals surface area contributed by atoms with Crippen molar-refractivity contribution >= 4 is 0 Å². The summed E-state index contributed by atoms with van der Waals surface area (Å²) in [5.74, 6) is 0. The van der Waals surface area contributed by atoms with Crippen LogP contribution in [0.5, 0.6) is 0 Å². The minimum absolute atomic E-state index is 0.371. The van der Waals surface area contributed by atoms with Gasteiger partial charge in [0.05, 0.1) is 0 Å². The second kappa shape index (κ2) is 5.89. The van der Waals surface area contributed by atoms with Crippen LogP contribution in [0.3, 0.4) is 0 Å². The maximum absolute atomic E-state index is 5.26. The molecule has 2 fully saturated rings. The zero-order valence-corrected chi connectivity index (χ0v) is 12.4. The monoisotopic (exact) mass is 254 g/mol. The maximum Gasteiger partial charge on any atom is 0.0468 e. The van der Waals surface area contributed by atoms with E-state index in [-0.39, 0.29) is 0 Å². The van der Waals surface area contributed by atoms with Gasteiger partial charge in [-0.3, -0.25) is 4.90 Å². The molecular weight excluding hydrogens is 224 g/mol. The molecule has 1 saturated carbocycles. The summed E-state index contributed by atoms with van der Waals surface area (Å²) in [5.41, 5.74) is 0.968. The molecule has 1 aliphatic heterocycles. The van der Waals surface area contributed by atoms with Crippen LogP contribution in [0.4, 0.5) is 0 Å². The van der Waals surface area contributed by atoms with Crippen LogP contribution in [-0.2, 0) is 4.74 Å². The first-order chi connectivity index (χ1) is 8.67. The molecule has 1 saturated heterocycles. The van der Waals surface area contributed by atoms with E-state index in [9.17, 15) is 0 Å². The normalized spacial score (nSPS) is 26.2. The highest BCUT2D eigenvalue weighted by molar-refractivity contribution is 4.99. The molecule has 0 aromatic heterocycles. The molecule has 1 aliphatic carbocycles. The molecule has 18 heavy (non-hydrogen) atoms. The van der Waals surface area contributed by atoms with Gasteiger partial charge in [0.2, 0.25) is 0 Å². The van der Waals surface area contributed by atoms with Gasteiger partial charge in [0.25, 0.3) is 0 Å². The zero-order chi connectivity index (χ0) is 13.1. The number of piperazine rings is 1. The first kappa shape index (κ1) is 14.3. The van der Waals surface area contributed by atoms with Crippen molar-refractivity contribution < 1.29 is 4.74 Å². The van der Waals surface area contributed by atoms with Crippen molar-refractivity contribution in [3.63, 3.8) is 0 Å². The van der Waals surface area contributed by atoms with Crippen LogP contribution in [0.2, 0.25) is 0 Å². The lowest BCUT2D eigenvalue weighted by atomic mass is 9.89. The van der Waals surface area contributed by atoms with Crippen LogP contribution in [-0.4, -0.2) is 50.3 Å². The van der Waals surface area contributed by atoms with Crippen molar-refractivity contribution in [2.75, 3.05) is 39.9 Å². The molecule has 0 unspecified atom stereocenters. The second-order valence-corrected chi connectivity index (χ2v) is 6.37. The topological polar surface area (TPSA) is 24.5 Å². The second-order valence-electron chi connectivity index (χ2n) is 6.37. The van der Waals surface area contributed by atoms with Crippen molar-refractivity contribution in [1.29, 1.82) is 0 Å². The molecule has 3 nitrogen and oxygen atoms in total. The minimum Gasteiger partial charge on any atom is -0.385 e. The van der Waals surface area contributed by atoms with Gasteiger partial charge in [-0.25, -0.2) is 0 Å². The smallest absolute Gasteiger partial charge is 0.0468 e. The molecule has 0 spiro atoms. The van der Waals surface area contributed by atoms with E-state index in [1.165, 1.54) is 51.7 Å². The fraction of sp³-hybridized carbons (Fsp3) is 1.00. The summed E-state index contributed by atoms with van der Waals surface area (Å²) in [6.45, 7) is 10.5. The predicted molar refractivity (Wildman–Crippen MR) is 75.9 cm³/mol. The Morgan fingerprint density at radius 3 is 2.50 bits per heavy atom. The SMILES string of the molecule is CCC1(CC)CN(CC2(CCOC)CC2)CCN1. The van der Waals surface area contributed by atoms with Crippen LogP contribution >= 0.6 is 0 Å². The van der Waals surface area contributed by atoms with E-state index in [4.69, 9.17) is 4.74 Å². The summed E-state index contributed by atoms with van der Waals surface area (Å²) in [4.78, 5) is 2.70. The van der Waals surface area contributed by atoms with E-state index in [0.717, 1.165) is 13.2 Å². The standard InChI is InChI=1S/C15H30N2O/c1-4-15(5-2)13-17(10-9-16-15)12-14(6-7-14)8-11-18-3/h16H,4-13H2,1-3H3. The Balaban J connectivity index is 1.86. The lowest BCUT2D eigenvalue weighted by molar-refractivity contribution is 0.0909. The van der Waals surface area contributed by atoms with Crippen LogP contribution in [0.25, 0.3) is 0 Å². The number of ether oxygens (including phenoxy) is 1. The summed E-state index contributed by atoms with van der Waals surface area (Å²) >= 11 is 0. The van der Waals surface area contributed by atoms with Crippen LogP contribution in [0, 0.1) is 5.41 Å². The first-order valence-corrected chi connectivity index (χ1v) is 7.64. The highest BCUT2D eigenvalue weighted by Gasteiger charge is 2.44.